The first-order valence-electron chi connectivity index (χ1n) is 7.54. The van der Waals surface area contributed by atoms with Crippen molar-refractivity contribution >= 4 is 23.4 Å². The summed E-state index contributed by atoms with van der Waals surface area (Å²) >= 11 is 0. The first kappa shape index (κ1) is 13.7. The molecule has 1 aliphatic carbocycles. The minimum atomic E-state index is -0.333. The number of hydrogen-bond donors (Lipinski definition) is 1. The van der Waals surface area contributed by atoms with Crippen LogP contribution in [-0.4, -0.2) is 23.8 Å². The highest BCUT2D eigenvalue weighted by Gasteiger charge is 2.36. The van der Waals surface area contributed by atoms with Crippen molar-refractivity contribution in [1.29, 1.82) is 0 Å². The zero-order chi connectivity index (χ0) is 16.0. The van der Waals surface area contributed by atoms with Crippen molar-refractivity contribution in [2.24, 2.45) is 0 Å². The molecular formula is C18H14N2O3. The Kier molecular flexibility index (Phi) is 3.01. The second kappa shape index (κ2) is 5.05. The van der Waals surface area contributed by atoms with Crippen LogP contribution in [0.4, 0.5) is 5.69 Å². The zero-order valence-electron chi connectivity index (χ0n) is 12.3. The van der Waals surface area contributed by atoms with Gasteiger partial charge in [0.05, 0.1) is 16.8 Å². The van der Waals surface area contributed by atoms with Crippen LogP contribution in [0.1, 0.15) is 43.9 Å². The maximum atomic E-state index is 12.4. The standard InChI is InChI=1S/C18H14N2O3/c21-16(19-12-7-8-12)11-5-9-13(10-6-11)20-17(22)14-3-1-2-4-15(14)18(20)23/h1-6,9-10,12H,7-8H2,(H,19,21). The number of carbonyl (C=O) groups excluding carboxylic acids is 3. The Bertz CT molecular complexity index is 787. The molecule has 3 amide bonds. The molecular weight excluding hydrogens is 292 g/mol. The summed E-state index contributed by atoms with van der Waals surface area (Å²) in [5.74, 6) is -0.789. The van der Waals surface area contributed by atoms with Gasteiger partial charge in [-0.1, -0.05) is 12.1 Å². The number of carbonyl (C=O) groups is 3. The molecule has 1 fully saturated rings. The largest absolute Gasteiger partial charge is 0.349 e. The average molecular weight is 306 g/mol. The van der Waals surface area contributed by atoms with Gasteiger partial charge in [-0.05, 0) is 49.2 Å². The third-order valence-electron chi connectivity index (χ3n) is 4.09. The van der Waals surface area contributed by atoms with Gasteiger partial charge in [0.25, 0.3) is 17.7 Å². The first-order valence-corrected chi connectivity index (χ1v) is 7.54. The summed E-state index contributed by atoms with van der Waals surface area (Å²) in [6, 6.07) is 13.6. The van der Waals surface area contributed by atoms with E-state index in [0.717, 1.165) is 17.7 Å². The van der Waals surface area contributed by atoms with Crippen LogP contribution in [-0.2, 0) is 0 Å². The Morgan fingerprint density at radius 2 is 1.48 bits per heavy atom. The lowest BCUT2D eigenvalue weighted by Crippen LogP contribution is -2.29. The van der Waals surface area contributed by atoms with Crippen LogP contribution in [0.25, 0.3) is 0 Å². The number of hydrogen-bond acceptors (Lipinski definition) is 3. The Hall–Kier alpha value is -2.95. The van der Waals surface area contributed by atoms with E-state index in [-0.39, 0.29) is 17.7 Å². The predicted molar refractivity (Wildman–Crippen MR) is 84.5 cm³/mol. The summed E-state index contributed by atoms with van der Waals surface area (Å²) in [4.78, 5) is 37.9. The van der Waals surface area contributed by atoms with Crippen molar-refractivity contribution in [3.8, 4) is 0 Å². The van der Waals surface area contributed by atoms with Crippen LogP contribution >= 0.6 is 0 Å². The molecule has 0 unspecified atom stereocenters. The predicted octanol–water partition coefficient (Wildman–Crippen LogP) is 2.38. The SMILES string of the molecule is O=C(NC1CC1)c1ccc(N2C(=O)c3ccccc3C2=O)cc1. The van der Waals surface area contributed by atoms with Gasteiger partial charge in [-0.2, -0.15) is 0 Å². The van der Waals surface area contributed by atoms with Crippen LogP contribution in [0.2, 0.25) is 0 Å². The van der Waals surface area contributed by atoms with Crippen molar-refractivity contribution in [2.45, 2.75) is 18.9 Å². The number of anilines is 1. The third kappa shape index (κ3) is 2.30. The minimum Gasteiger partial charge on any atom is -0.349 e. The highest BCUT2D eigenvalue weighted by Crippen LogP contribution is 2.28. The second-order valence-corrected chi connectivity index (χ2v) is 5.79. The Balaban J connectivity index is 1.60. The van der Waals surface area contributed by atoms with Gasteiger partial charge in [-0.25, -0.2) is 4.90 Å². The van der Waals surface area contributed by atoms with E-state index in [4.69, 9.17) is 0 Å². The fourth-order valence-corrected chi connectivity index (χ4v) is 2.68. The molecule has 1 heterocycles. The van der Waals surface area contributed by atoms with Gasteiger partial charge in [-0.3, -0.25) is 14.4 Å². The fraction of sp³-hybridized carbons (Fsp3) is 0.167. The summed E-state index contributed by atoms with van der Waals surface area (Å²) in [7, 11) is 0. The van der Waals surface area contributed by atoms with E-state index in [1.165, 1.54) is 0 Å². The number of rotatable bonds is 3. The van der Waals surface area contributed by atoms with Gasteiger partial charge in [0, 0.05) is 11.6 Å². The van der Waals surface area contributed by atoms with E-state index in [0.29, 0.717) is 28.4 Å². The summed E-state index contributed by atoms with van der Waals surface area (Å²) in [5.41, 5.74) is 1.82. The molecule has 0 saturated heterocycles. The molecule has 1 aliphatic heterocycles. The fourth-order valence-electron chi connectivity index (χ4n) is 2.68. The molecule has 2 aliphatic rings. The molecule has 1 saturated carbocycles. The molecule has 0 radical (unpaired) electrons. The van der Waals surface area contributed by atoms with Crippen molar-refractivity contribution < 1.29 is 14.4 Å². The molecule has 0 atom stereocenters. The molecule has 5 heteroatoms. The summed E-state index contributed by atoms with van der Waals surface area (Å²) in [6.45, 7) is 0. The first-order chi connectivity index (χ1) is 11.1. The van der Waals surface area contributed by atoms with Gasteiger partial charge in [-0.15, -0.1) is 0 Å². The van der Waals surface area contributed by atoms with E-state index in [9.17, 15) is 14.4 Å². The molecule has 0 aromatic heterocycles. The number of nitrogens with one attached hydrogen (secondary N) is 1. The van der Waals surface area contributed by atoms with Crippen molar-refractivity contribution in [3.63, 3.8) is 0 Å². The summed E-state index contributed by atoms with van der Waals surface area (Å²) in [5, 5.41) is 2.90. The van der Waals surface area contributed by atoms with Crippen molar-refractivity contribution in [2.75, 3.05) is 4.90 Å². The normalized spacial score (nSPS) is 16.4. The summed E-state index contributed by atoms with van der Waals surface area (Å²) in [6.07, 6.45) is 2.05. The smallest absolute Gasteiger partial charge is 0.266 e. The van der Waals surface area contributed by atoms with Crippen molar-refractivity contribution in [3.05, 3.63) is 65.2 Å². The van der Waals surface area contributed by atoms with Gasteiger partial charge >= 0.3 is 0 Å². The van der Waals surface area contributed by atoms with E-state index in [1.54, 1.807) is 48.5 Å². The van der Waals surface area contributed by atoms with E-state index in [2.05, 4.69) is 5.32 Å². The van der Waals surface area contributed by atoms with Gasteiger partial charge in [0.15, 0.2) is 0 Å². The number of fused-ring (bicyclic) bond motifs is 1. The van der Waals surface area contributed by atoms with Crippen molar-refractivity contribution in [1.82, 2.24) is 5.32 Å². The third-order valence-corrected chi connectivity index (χ3v) is 4.09. The van der Waals surface area contributed by atoms with E-state index in [1.807, 2.05) is 0 Å². The quantitative estimate of drug-likeness (QED) is 0.885. The molecule has 23 heavy (non-hydrogen) atoms. The van der Waals surface area contributed by atoms with Crippen LogP contribution in [0, 0.1) is 0 Å². The molecule has 114 valence electrons. The second-order valence-electron chi connectivity index (χ2n) is 5.79. The zero-order valence-corrected chi connectivity index (χ0v) is 12.3. The molecule has 2 aromatic carbocycles. The lowest BCUT2D eigenvalue weighted by atomic mass is 10.1. The number of nitrogens with zero attached hydrogens (tertiary/aromatic N) is 1. The topological polar surface area (TPSA) is 66.5 Å². The minimum absolute atomic E-state index is 0.124. The molecule has 0 bridgehead atoms. The van der Waals surface area contributed by atoms with Gasteiger partial charge in [0.1, 0.15) is 0 Å². The van der Waals surface area contributed by atoms with Gasteiger partial charge in [0.2, 0.25) is 0 Å². The van der Waals surface area contributed by atoms with E-state index < -0.39 is 0 Å². The van der Waals surface area contributed by atoms with Crippen LogP contribution in [0.15, 0.2) is 48.5 Å². The molecule has 4 rings (SSSR count). The number of amides is 3. The Morgan fingerprint density at radius 3 is 2.00 bits per heavy atom. The van der Waals surface area contributed by atoms with Crippen LogP contribution in [0.5, 0.6) is 0 Å². The molecule has 2 aromatic rings. The molecule has 1 N–H and O–H groups in total. The van der Waals surface area contributed by atoms with Gasteiger partial charge < -0.3 is 5.32 Å². The molecule has 5 nitrogen and oxygen atoms in total. The average Bonchev–Trinajstić information content (AvgIpc) is 3.35. The monoisotopic (exact) mass is 306 g/mol. The Labute approximate surface area is 132 Å². The number of imide groups is 1. The van der Waals surface area contributed by atoms with Crippen LogP contribution < -0.4 is 10.2 Å². The van der Waals surface area contributed by atoms with E-state index >= 15 is 0 Å². The highest BCUT2D eigenvalue weighted by molar-refractivity contribution is 6.34. The molecule has 0 spiro atoms. The highest BCUT2D eigenvalue weighted by atomic mass is 16.2. The maximum absolute atomic E-state index is 12.4. The lowest BCUT2D eigenvalue weighted by Gasteiger charge is -2.14. The lowest BCUT2D eigenvalue weighted by molar-refractivity contribution is 0.0923. The Morgan fingerprint density at radius 1 is 0.913 bits per heavy atom. The maximum Gasteiger partial charge on any atom is 0.266 e. The summed E-state index contributed by atoms with van der Waals surface area (Å²) < 4.78 is 0. The van der Waals surface area contributed by atoms with Crippen LogP contribution in [0.3, 0.4) is 0 Å². The number of benzene rings is 2.